The SMILES string of the molecule is C#CCOc1ccc(CC(C)C(=S)NC)cc1OC. The van der Waals surface area contributed by atoms with Crippen LogP contribution in [0.4, 0.5) is 0 Å². The van der Waals surface area contributed by atoms with Crippen LogP contribution >= 0.6 is 12.2 Å². The molecule has 0 heterocycles. The van der Waals surface area contributed by atoms with Gasteiger partial charge in [0, 0.05) is 13.0 Å². The van der Waals surface area contributed by atoms with Crippen molar-refractivity contribution in [3.05, 3.63) is 23.8 Å². The zero-order chi connectivity index (χ0) is 14.3. The van der Waals surface area contributed by atoms with E-state index >= 15 is 0 Å². The molecule has 102 valence electrons. The Bertz CT molecular complexity index is 480. The first kappa shape index (κ1) is 15.3. The Hall–Kier alpha value is -1.73. The smallest absolute Gasteiger partial charge is 0.162 e. The molecule has 1 aromatic rings. The van der Waals surface area contributed by atoms with Gasteiger partial charge in [-0.15, -0.1) is 6.42 Å². The van der Waals surface area contributed by atoms with Gasteiger partial charge in [-0.2, -0.15) is 0 Å². The number of hydrogen-bond acceptors (Lipinski definition) is 3. The maximum atomic E-state index is 5.41. The lowest BCUT2D eigenvalue weighted by atomic mass is 10.0. The molecule has 0 aromatic heterocycles. The van der Waals surface area contributed by atoms with Gasteiger partial charge in [-0.25, -0.2) is 0 Å². The summed E-state index contributed by atoms with van der Waals surface area (Å²) < 4.78 is 10.7. The molecule has 1 unspecified atom stereocenters. The Morgan fingerprint density at radius 3 is 2.79 bits per heavy atom. The fourth-order valence-electron chi connectivity index (χ4n) is 1.77. The number of benzene rings is 1. The van der Waals surface area contributed by atoms with E-state index in [1.54, 1.807) is 7.11 Å². The molecule has 0 bridgehead atoms. The minimum Gasteiger partial charge on any atom is -0.493 e. The summed E-state index contributed by atoms with van der Waals surface area (Å²) in [6.07, 6.45) is 6.03. The van der Waals surface area contributed by atoms with Gasteiger partial charge < -0.3 is 14.8 Å². The van der Waals surface area contributed by atoms with Crippen molar-refractivity contribution in [1.82, 2.24) is 5.32 Å². The number of thiocarbonyl (C=S) groups is 1. The van der Waals surface area contributed by atoms with E-state index in [4.69, 9.17) is 28.1 Å². The van der Waals surface area contributed by atoms with Gasteiger partial charge in [0.05, 0.1) is 12.1 Å². The van der Waals surface area contributed by atoms with E-state index in [1.165, 1.54) is 0 Å². The predicted molar refractivity (Wildman–Crippen MR) is 81.8 cm³/mol. The van der Waals surface area contributed by atoms with Crippen LogP contribution < -0.4 is 14.8 Å². The van der Waals surface area contributed by atoms with Crippen LogP contribution in [0, 0.1) is 18.3 Å². The zero-order valence-corrected chi connectivity index (χ0v) is 12.3. The van der Waals surface area contributed by atoms with Crippen molar-refractivity contribution in [2.24, 2.45) is 5.92 Å². The van der Waals surface area contributed by atoms with Crippen LogP contribution in [0.5, 0.6) is 11.5 Å². The average Bonchev–Trinajstić information content (AvgIpc) is 2.44. The molecule has 0 saturated heterocycles. The van der Waals surface area contributed by atoms with E-state index in [-0.39, 0.29) is 12.5 Å². The minimum atomic E-state index is 0.232. The molecule has 1 N–H and O–H groups in total. The molecule has 0 aliphatic carbocycles. The number of methoxy groups -OCH3 is 1. The predicted octanol–water partition coefficient (Wildman–Crippen LogP) is 2.43. The van der Waals surface area contributed by atoms with Crippen LogP contribution in [0.2, 0.25) is 0 Å². The highest BCUT2D eigenvalue weighted by Gasteiger charge is 2.11. The van der Waals surface area contributed by atoms with Gasteiger partial charge in [0.2, 0.25) is 0 Å². The minimum absolute atomic E-state index is 0.232. The number of hydrogen-bond donors (Lipinski definition) is 1. The molecule has 0 saturated carbocycles. The Morgan fingerprint density at radius 1 is 1.47 bits per heavy atom. The van der Waals surface area contributed by atoms with Gasteiger partial charge in [-0.1, -0.05) is 31.1 Å². The maximum absolute atomic E-state index is 5.41. The van der Waals surface area contributed by atoms with Crippen molar-refractivity contribution in [3.8, 4) is 23.8 Å². The van der Waals surface area contributed by atoms with Gasteiger partial charge in [0.1, 0.15) is 6.61 Å². The third-order valence-electron chi connectivity index (χ3n) is 2.77. The van der Waals surface area contributed by atoms with E-state index in [0.29, 0.717) is 11.5 Å². The molecule has 1 rings (SSSR count). The number of nitrogens with one attached hydrogen (secondary N) is 1. The lowest BCUT2D eigenvalue weighted by Crippen LogP contribution is -2.24. The topological polar surface area (TPSA) is 30.5 Å². The summed E-state index contributed by atoms with van der Waals surface area (Å²) in [5.41, 5.74) is 1.15. The molecular weight excluding hydrogens is 258 g/mol. The molecule has 0 fully saturated rings. The monoisotopic (exact) mass is 277 g/mol. The first-order valence-electron chi connectivity index (χ1n) is 6.07. The van der Waals surface area contributed by atoms with Crippen LogP contribution in [0.25, 0.3) is 0 Å². The Morgan fingerprint density at radius 2 is 2.21 bits per heavy atom. The van der Waals surface area contributed by atoms with Crippen molar-refractivity contribution in [1.29, 1.82) is 0 Å². The fourth-order valence-corrected chi connectivity index (χ4v) is 1.85. The Kier molecular flexibility index (Phi) is 6.17. The van der Waals surface area contributed by atoms with Gasteiger partial charge in [0.15, 0.2) is 11.5 Å². The first-order valence-corrected chi connectivity index (χ1v) is 6.48. The van der Waals surface area contributed by atoms with E-state index in [0.717, 1.165) is 17.0 Å². The Labute approximate surface area is 120 Å². The number of rotatable bonds is 6. The highest BCUT2D eigenvalue weighted by Crippen LogP contribution is 2.29. The molecule has 1 aromatic carbocycles. The molecule has 0 aliphatic rings. The fraction of sp³-hybridized carbons (Fsp3) is 0.400. The summed E-state index contributed by atoms with van der Waals surface area (Å²) in [6.45, 7) is 2.32. The van der Waals surface area contributed by atoms with Crippen molar-refractivity contribution in [2.45, 2.75) is 13.3 Å². The summed E-state index contributed by atoms with van der Waals surface area (Å²) in [4.78, 5) is 0.853. The quantitative estimate of drug-likeness (QED) is 0.639. The molecule has 4 heteroatoms. The Balaban J connectivity index is 2.82. The molecule has 0 amide bonds. The van der Waals surface area contributed by atoms with Gasteiger partial charge in [0.25, 0.3) is 0 Å². The van der Waals surface area contributed by atoms with Gasteiger partial charge in [-0.3, -0.25) is 0 Å². The summed E-state index contributed by atoms with van der Waals surface area (Å²) >= 11 is 5.23. The van der Waals surface area contributed by atoms with E-state index in [2.05, 4.69) is 18.2 Å². The van der Waals surface area contributed by atoms with Crippen molar-refractivity contribution in [2.75, 3.05) is 20.8 Å². The van der Waals surface area contributed by atoms with Gasteiger partial charge in [-0.05, 0) is 24.1 Å². The summed E-state index contributed by atoms with van der Waals surface area (Å²) in [6, 6.07) is 5.84. The second kappa shape index (κ2) is 7.65. The van der Waals surface area contributed by atoms with E-state index in [9.17, 15) is 0 Å². The third-order valence-corrected chi connectivity index (χ3v) is 3.38. The summed E-state index contributed by atoms with van der Waals surface area (Å²) in [5, 5.41) is 3.01. The molecule has 19 heavy (non-hydrogen) atoms. The lowest BCUT2D eigenvalue weighted by Gasteiger charge is -2.14. The van der Waals surface area contributed by atoms with Crippen LogP contribution in [0.3, 0.4) is 0 Å². The summed E-state index contributed by atoms with van der Waals surface area (Å²) in [5.74, 6) is 4.06. The van der Waals surface area contributed by atoms with Crippen LogP contribution in [-0.4, -0.2) is 25.8 Å². The molecule has 3 nitrogen and oxygen atoms in total. The molecular formula is C15H19NO2S. The molecule has 0 spiro atoms. The largest absolute Gasteiger partial charge is 0.493 e. The maximum Gasteiger partial charge on any atom is 0.162 e. The van der Waals surface area contributed by atoms with E-state index < -0.39 is 0 Å². The van der Waals surface area contributed by atoms with Crippen molar-refractivity contribution in [3.63, 3.8) is 0 Å². The van der Waals surface area contributed by atoms with Crippen LogP contribution in [0.1, 0.15) is 12.5 Å². The number of ether oxygens (including phenoxy) is 2. The standard InChI is InChI=1S/C15H19NO2S/c1-5-8-18-13-7-6-12(10-14(13)17-4)9-11(2)15(19)16-3/h1,6-7,10-11H,8-9H2,2-4H3,(H,16,19). The average molecular weight is 277 g/mol. The second-order valence-electron chi connectivity index (χ2n) is 4.20. The second-order valence-corrected chi connectivity index (χ2v) is 4.64. The first-order chi connectivity index (χ1) is 9.12. The number of terminal acetylenes is 1. The van der Waals surface area contributed by atoms with E-state index in [1.807, 2.05) is 25.2 Å². The van der Waals surface area contributed by atoms with Gasteiger partial charge >= 0.3 is 0 Å². The highest BCUT2D eigenvalue weighted by atomic mass is 32.1. The van der Waals surface area contributed by atoms with Crippen molar-refractivity contribution < 1.29 is 9.47 Å². The van der Waals surface area contributed by atoms with Crippen LogP contribution in [-0.2, 0) is 6.42 Å². The highest BCUT2D eigenvalue weighted by molar-refractivity contribution is 7.80. The molecule has 0 aliphatic heterocycles. The van der Waals surface area contributed by atoms with Crippen molar-refractivity contribution >= 4 is 17.2 Å². The normalized spacial score (nSPS) is 11.3. The lowest BCUT2D eigenvalue weighted by molar-refractivity contribution is 0.330. The zero-order valence-electron chi connectivity index (χ0n) is 11.5. The molecule has 0 radical (unpaired) electrons. The summed E-state index contributed by atoms with van der Waals surface area (Å²) in [7, 11) is 3.46. The third kappa shape index (κ3) is 4.46. The molecule has 1 atom stereocenters. The van der Waals surface area contributed by atoms with Crippen LogP contribution in [0.15, 0.2) is 18.2 Å².